The lowest BCUT2D eigenvalue weighted by atomic mass is 9.98. The van der Waals surface area contributed by atoms with Gasteiger partial charge in [0.05, 0.1) is 29.8 Å². The van der Waals surface area contributed by atoms with E-state index in [-0.39, 0.29) is 22.3 Å². The quantitative estimate of drug-likeness (QED) is 0.463. The second kappa shape index (κ2) is 7.02. The Balaban J connectivity index is 1.82. The molecular weight excluding hydrogens is 419 g/mol. The second-order valence-corrected chi connectivity index (χ2v) is 8.49. The molecule has 0 aliphatic carbocycles. The third-order valence-electron chi connectivity index (χ3n) is 5.47. The summed E-state index contributed by atoms with van der Waals surface area (Å²) in [5, 5.41) is 0.754. The molecule has 2 aromatic heterocycles. The van der Waals surface area contributed by atoms with Crippen molar-refractivity contribution in [2.75, 3.05) is 12.0 Å². The summed E-state index contributed by atoms with van der Waals surface area (Å²) in [6.07, 6.45) is 0. The summed E-state index contributed by atoms with van der Waals surface area (Å²) in [4.78, 5) is 33.9. The summed E-state index contributed by atoms with van der Waals surface area (Å²) in [6.45, 7) is 3.76. The molecule has 0 spiro atoms. The minimum atomic E-state index is -0.842. The van der Waals surface area contributed by atoms with Crippen LogP contribution in [0, 0.1) is 19.7 Å². The topological polar surface area (TPSA) is 72.6 Å². The van der Waals surface area contributed by atoms with Gasteiger partial charge in [-0.05, 0) is 43.7 Å². The maximum absolute atomic E-state index is 14.1. The molecule has 1 aliphatic heterocycles. The first-order valence-electron chi connectivity index (χ1n) is 9.57. The van der Waals surface area contributed by atoms with Gasteiger partial charge in [0, 0.05) is 10.9 Å². The Hall–Kier alpha value is -3.52. The fourth-order valence-electron chi connectivity index (χ4n) is 3.83. The maximum Gasteiger partial charge on any atom is 0.297 e. The number of hydrogen-bond acceptors (Lipinski definition) is 6. The van der Waals surface area contributed by atoms with E-state index in [4.69, 9.17) is 9.15 Å². The van der Waals surface area contributed by atoms with Gasteiger partial charge in [-0.1, -0.05) is 12.1 Å². The number of halogens is 1. The number of anilines is 1. The Labute approximate surface area is 180 Å². The molecule has 5 rings (SSSR count). The molecule has 0 radical (unpaired) electrons. The van der Waals surface area contributed by atoms with Crippen LogP contribution < -0.4 is 15.1 Å². The molecule has 0 saturated heterocycles. The van der Waals surface area contributed by atoms with Crippen molar-refractivity contribution in [2.45, 2.75) is 19.9 Å². The number of aryl methyl sites for hydroxylation is 2. The Morgan fingerprint density at radius 1 is 1.16 bits per heavy atom. The third-order valence-corrected chi connectivity index (χ3v) is 6.54. The number of methoxy groups -OCH3 is 1. The summed E-state index contributed by atoms with van der Waals surface area (Å²) in [5.74, 6) is -0.504. The predicted octanol–water partition coefficient (Wildman–Crippen LogP) is 4.76. The number of rotatable bonds is 3. The van der Waals surface area contributed by atoms with Gasteiger partial charge in [0.1, 0.15) is 17.1 Å². The van der Waals surface area contributed by atoms with Gasteiger partial charge < -0.3 is 9.15 Å². The van der Waals surface area contributed by atoms with E-state index in [9.17, 15) is 14.0 Å². The molecule has 1 unspecified atom stereocenters. The fourth-order valence-corrected chi connectivity index (χ4v) is 4.76. The lowest BCUT2D eigenvalue weighted by Gasteiger charge is -2.22. The number of fused-ring (bicyclic) bond motifs is 2. The standard InChI is InChI=1S/C23H17FN2O4S/c1-11-12(2)31-23(25-11)26-19(13-5-4-6-14(24)9-13)18-20(27)16-8-7-15(29-3)10-17(16)30-21(18)22(26)28/h4-10,19H,1-3H3. The Bertz CT molecular complexity index is 1410. The van der Waals surface area contributed by atoms with Gasteiger partial charge in [0.15, 0.2) is 10.6 Å². The average Bonchev–Trinajstić information content (AvgIpc) is 3.24. The van der Waals surface area contributed by atoms with E-state index < -0.39 is 17.8 Å². The normalized spacial score (nSPS) is 15.5. The Kier molecular flexibility index (Phi) is 4.40. The molecule has 4 aromatic rings. The fraction of sp³-hybridized carbons (Fsp3) is 0.174. The molecule has 3 heterocycles. The lowest BCUT2D eigenvalue weighted by Crippen LogP contribution is -2.29. The molecule has 156 valence electrons. The van der Waals surface area contributed by atoms with Crippen LogP contribution in [-0.4, -0.2) is 18.0 Å². The first kappa shape index (κ1) is 19.4. The predicted molar refractivity (Wildman–Crippen MR) is 116 cm³/mol. The zero-order valence-electron chi connectivity index (χ0n) is 16.9. The van der Waals surface area contributed by atoms with E-state index in [2.05, 4.69) is 4.98 Å². The summed E-state index contributed by atoms with van der Waals surface area (Å²) in [6, 6.07) is 9.88. The van der Waals surface area contributed by atoms with Crippen molar-refractivity contribution in [3.05, 3.63) is 86.0 Å². The first-order valence-corrected chi connectivity index (χ1v) is 10.4. The highest BCUT2D eigenvalue weighted by Gasteiger charge is 2.45. The molecule has 0 N–H and O–H groups in total. The molecule has 0 bridgehead atoms. The average molecular weight is 436 g/mol. The van der Waals surface area contributed by atoms with Crippen molar-refractivity contribution in [3.8, 4) is 5.75 Å². The van der Waals surface area contributed by atoms with E-state index in [0.29, 0.717) is 21.8 Å². The number of carbonyl (C=O) groups is 1. The Morgan fingerprint density at radius 3 is 2.65 bits per heavy atom. The Morgan fingerprint density at radius 2 is 1.97 bits per heavy atom. The van der Waals surface area contributed by atoms with Crippen LogP contribution in [0.15, 0.2) is 51.7 Å². The van der Waals surface area contributed by atoms with Crippen molar-refractivity contribution in [3.63, 3.8) is 0 Å². The van der Waals surface area contributed by atoms with E-state index in [1.807, 2.05) is 13.8 Å². The van der Waals surface area contributed by atoms with Crippen molar-refractivity contribution in [1.82, 2.24) is 4.98 Å². The second-order valence-electron chi connectivity index (χ2n) is 7.31. The van der Waals surface area contributed by atoms with Gasteiger partial charge in [-0.15, -0.1) is 11.3 Å². The van der Waals surface area contributed by atoms with Crippen LogP contribution in [-0.2, 0) is 0 Å². The number of thiazole rings is 1. The van der Waals surface area contributed by atoms with Gasteiger partial charge >= 0.3 is 0 Å². The van der Waals surface area contributed by atoms with E-state index in [1.54, 1.807) is 30.3 Å². The lowest BCUT2D eigenvalue weighted by molar-refractivity contribution is 0.0971. The van der Waals surface area contributed by atoms with Gasteiger partial charge in [-0.3, -0.25) is 14.5 Å². The van der Waals surface area contributed by atoms with Crippen LogP contribution >= 0.6 is 11.3 Å². The number of nitrogens with zero attached hydrogens (tertiary/aromatic N) is 2. The van der Waals surface area contributed by atoms with Gasteiger partial charge in [0.25, 0.3) is 5.91 Å². The molecule has 31 heavy (non-hydrogen) atoms. The monoisotopic (exact) mass is 436 g/mol. The smallest absolute Gasteiger partial charge is 0.297 e. The summed E-state index contributed by atoms with van der Waals surface area (Å²) >= 11 is 1.34. The SMILES string of the molecule is COc1ccc2c(=O)c3c(oc2c1)C(=O)N(c1nc(C)c(C)s1)C3c1cccc(F)c1. The molecule has 6 nitrogen and oxygen atoms in total. The highest BCUT2D eigenvalue weighted by molar-refractivity contribution is 7.15. The summed E-state index contributed by atoms with van der Waals surface area (Å²) in [7, 11) is 1.51. The van der Waals surface area contributed by atoms with Gasteiger partial charge in [-0.2, -0.15) is 0 Å². The van der Waals surface area contributed by atoms with Gasteiger partial charge in [-0.25, -0.2) is 9.37 Å². The van der Waals surface area contributed by atoms with Crippen LogP contribution in [0.1, 0.15) is 38.3 Å². The minimum Gasteiger partial charge on any atom is -0.497 e. The van der Waals surface area contributed by atoms with Crippen molar-refractivity contribution in [2.24, 2.45) is 0 Å². The molecule has 2 aromatic carbocycles. The molecule has 8 heteroatoms. The number of amides is 1. The third kappa shape index (κ3) is 2.94. The molecule has 1 atom stereocenters. The van der Waals surface area contributed by atoms with Crippen LogP contribution in [0.3, 0.4) is 0 Å². The van der Waals surface area contributed by atoms with Crippen molar-refractivity contribution in [1.29, 1.82) is 0 Å². The minimum absolute atomic E-state index is 0.0643. The van der Waals surface area contributed by atoms with E-state index >= 15 is 0 Å². The number of aromatic nitrogens is 1. The zero-order valence-corrected chi connectivity index (χ0v) is 17.7. The number of hydrogen-bond donors (Lipinski definition) is 0. The molecule has 1 aliphatic rings. The first-order chi connectivity index (χ1) is 14.9. The van der Waals surface area contributed by atoms with Crippen LogP contribution in [0.25, 0.3) is 11.0 Å². The van der Waals surface area contributed by atoms with Crippen molar-refractivity contribution >= 4 is 33.3 Å². The van der Waals surface area contributed by atoms with Crippen LogP contribution in [0.5, 0.6) is 5.75 Å². The van der Waals surface area contributed by atoms with Crippen LogP contribution in [0.4, 0.5) is 9.52 Å². The van der Waals surface area contributed by atoms with Crippen LogP contribution in [0.2, 0.25) is 0 Å². The number of ether oxygens (including phenoxy) is 1. The largest absolute Gasteiger partial charge is 0.497 e. The number of benzene rings is 2. The summed E-state index contributed by atoms with van der Waals surface area (Å²) in [5.41, 5.74) is 1.35. The van der Waals surface area contributed by atoms with Gasteiger partial charge in [0.2, 0.25) is 5.76 Å². The van der Waals surface area contributed by atoms with E-state index in [0.717, 1.165) is 10.6 Å². The molecule has 0 saturated carbocycles. The van der Waals surface area contributed by atoms with Crippen molar-refractivity contribution < 1.29 is 18.3 Å². The molecular formula is C23H17FN2O4S. The summed E-state index contributed by atoms with van der Waals surface area (Å²) < 4.78 is 25.2. The number of carbonyl (C=O) groups excluding carboxylic acids is 1. The highest BCUT2D eigenvalue weighted by atomic mass is 32.1. The van der Waals surface area contributed by atoms with E-state index in [1.165, 1.54) is 35.5 Å². The molecule has 1 amide bonds. The molecule has 0 fully saturated rings. The maximum atomic E-state index is 14.1. The zero-order chi connectivity index (χ0) is 21.9. The highest BCUT2D eigenvalue weighted by Crippen LogP contribution is 2.43.